The lowest BCUT2D eigenvalue weighted by Crippen LogP contribution is -2.63. The Morgan fingerprint density at radius 3 is 2.37 bits per heavy atom. The van der Waals surface area contributed by atoms with E-state index in [9.17, 15) is 4.79 Å². The molecule has 1 aromatic heterocycles. The van der Waals surface area contributed by atoms with E-state index in [-0.39, 0.29) is 11.6 Å². The molecule has 3 heterocycles. The van der Waals surface area contributed by atoms with Crippen molar-refractivity contribution in [1.29, 1.82) is 0 Å². The van der Waals surface area contributed by atoms with Crippen molar-refractivity contribution in [1.82, 2.24) is 14.8 Å². The van der Waals surface area contributed by atoms with Crippen LogP contribution in [0.4, 0.5) is 5.69 Å². The molecule has 6 nitrogen and oxygen atoms in total. The summed E-state index contributed by atoms with van der Waals surface area (Å²) in [4.78, 5) is 22.3. The molecule has 0 bridgehead atoms. The standard InChI is InChI=1S/C28H34N4O2S/c1-21-29-26(19-35-21)22-7-9-23(10-8-22)27(33)30-24-11-13-25(14-12-24)34-20-31(2)28-15-3-5-17-32(28)18-6-4-16-28/h7-14,19H,3-6,15-18,20H2,1-2H3,(H,30,33). The van der Waals surface area contributed by atoms with Crippen molar-refractivity contribution in [3.63, 3.8) is 0 Å². The topological polar surface area (TPSA) is 57.7 Å². The van der Waals surface area contributed by atoms with Crippen LogP contribution in [0.25, 0.3) is 11.3 Å². The minimum Gasteiger partial charge on any atom is -0.478 e. The van der Waals surface area contributed by atoms with E-state index in [1.807, 2.05) is 60.8 Å². The zero-order chi connectivity index (χ0) is 24.3. The fraction of sp³-hybridized carbons (Fsp3) is 0.429. The number of aryl methyl sites for hydroxylation is 1. The Labute approximate surface area is 211 Å². The van der Waals surface area contributed by atoms with Crippen LogP contribution in [-0.2, 0) is 0 Å². The Balaban J connectivity index is 1.16. The molecule has 0 radical (unpaired) electrons. The molecule has 184 valence electrons. The van der Waals surface area contributed by atoms with Crippen LogP contribution < -0.4 is 10.1 Å². The number of carbonyl (C=O) groups excluding carboxylic acids is 1. The van der Waals surface area contributed by atoms with Gasteiger partial charge in [0.2, 0.25) is 0 Å². The van der Waals surface area contributed by atoms with E-state index in [4.69, 9.17) is 4.74 Å². The molecule has 0 saturated carbocycles. The predicted molar refractivity (Wildman–Crippen MR) is 142 cm³/mol. The van der Waals surface area contributed by atoms with Crippen LogP contribution in [-0.4, -0.2) is 53.2 Å². The van der Waals surface area contributed by atoms with E-state index < -0.39 is 0 Å². The van der Waals surface area contributed by atoms with E-state index in [0.29, 0.717) is 12.3 Å². The molecule has 2 fully saturated rings. The van der Waals surface area contributed by atoms with Crippen molar-refractivity contribution in [3.05, 3.63) is 64.5 Å². The summed E-state index contributed by atoms with van der Waals surface area (Å²) in [5.74, 6) is 0.681. The SMILES string of the molecule is Cc1nc(-c2ccc(C(=O)Nc3ccc(OCN(C)C45CCCCN4CCCC5)cc3)cc2)cs1. The second-order valence-corrected chi connectivity index (χ2v) is 10.7. The zero-order valence-electron chi connectivity index (χ0n) is 20.6. The summed E-state index contributed by atoms with van der Waals surface area (Å²) in [5.41, 5.74) is 3.48. The summed E-state index contributed by atoms with van der Waals surface area (Å²) in [6.45, 7) is 4.95. The number of piperidine rings is 2. The third kappa shape index (κ3) is 5.27. The largest absolute Gasteiger partial charge is 0.478 e. The highest BCUT2D eigenvalue weighted by Crippen LogP contribution is 2.38. The molecule has 35 heavy (non-hydrogen) atoms. The van der Waals surface area contributed by atoms with Gasteiger partial charge in [-0.15, -0.1) is 11.3 Å². The number of aromatic nitrogens is 1. The molecule has 2 saturated heterocycles. The molecular formula is C28H34N4O2S. The van der Waals surface area contributed by atoms with E-state index in [1.165, 1.54) is 51.6 Å². The first kappa shape index (κ1) is 24.0. The molecule has 0 spiro atoms. The number of hydrogen-bond donors (Lipinski definition) is 1. The Hall–Kier alpha value is -2.74. The number of nitrogens with one attached hydrogen (secondary N) is 1. The van der Waals surface area contributed by atoms with E-state index in [0.717, 1.165) is 27.7 Å². The first-order valence-corrected chi connectivity index (χ1v) is 13.4. The minimum absolute atomic E-state index is 0.131. The average Bonchev–Trinajstić information content (AvgIpc) is 3.34. The molecule has 7 heteroatoms. The number of carbonyl (C=O) groups is 1. The molecule has 5 rings (SSSR count). The van der Waals surface area contributed by atoms with Crippen molar-refractivity contribution < 1.29 is 9.53 Å². The molecule has 3 aromatic rings. The van der Waals surface area contributed by atoms with Gasteiger partial charge in [0.15, 0.2) is 0 Å². The van der Waals surface area contributed by atoms with Crippen molar-refractivity contribution in [3.8, 4) is 17.0 Å². The predicted octanol–water partition coefficient (Wildman–Crippen LogP) is 6.01. The number of amides is 1. The summed E-state index contributed by atoms with van der Waals surface area (Å²) >= 11 is 1.62. The normalized spacial score (nSPS) is 17.7. The van der Waals surface area contributed by atoms with Gasteiger partial charge >= 0.3 is 0 Å². The van der Waals surface area contributed by atoms with E-state index >= 15 is 0 Å². The van der Waals surface area contributed by atoms with Gasteiger partial charge in [0.25, 0.3) is 5.91 Å². The maximum Gasteiger partial charge on any atom is 0.255 e. The number of fused-ring (bicyclic) bond motifs is 1. The maximum atomic E-state index is 12.7. The highest BCUT2D eigenvalue weighted by Gasteiger charge is 2.43. The lowest BCUT2D eigenvalue weighted by molar-refractivity contribution is -0.118. The van der Waals surface area contributed by atoms with Gasteiger partial charge in [-0.3, -0.25) is 14.6 Å². The van der Waals surface area contributed by atoms with E-state index in [2.05, 4.69) is 27.1 Å². The Kier molecular flexibility index (Phi) is 7.18. The minimum atomic E-state index is -0.131. The Morgan fingerprint density at radius 1 is 1.06 bits per heavy atom. The fourth-order valence-electron chi connectivity index (χ4n) is 5.43. The second kappa shape index (κ2) is 10.5. The molecule has 0 unspecified atom stereocenters. The molecule has 1 amide bonds. The van der Waals surface area contributed by atoms with Gasteiger partial charge < -0.3 is 10.1 Å². The van der Waals surface area contributed by atoms with E-state index in [1.54, 1.807) is 11.3 Å². The van der Waals surface area contributed by atoms with Gasteiger partial charge in [0, 0.05) is 22.2 Å². The number of hydrogen-bond acceptors (Lipinski definition) is 6. The third-order valence-electron chi connectivity index (χ3n) is 7.41. The monoisotopic (exact) mass is 490 g/mol. The van der Waals surface area contributed by atoms with Crippen molar-refractivity contribution in [2.75, 3.05) is 32.2 Å². The first-order valence-electron chi connectivity index (χ1n) is 12.6. The lowest BCUT2D eigenvalue weighted by Gasteiger charge is -2.54. The quantitative estimate of drug-likeness (QED) is 0.411. The van der Waals surface area contributed by atoms with Crippen LogP contribution in [0.5, 0.6) is 5.75 Å². The third-order valence-corrected chi connectivity index (χ3v) is 8.18. The zero-order valence-corrected chi connectivity index (χ0v) is 21.4. The summed E-state index contributed by atoms with van der Waals surface area (Å²) < 4.78 is 6.15. The van der Waals surface area contributed by atoms with Crippen molar-refractivity contribution in [2.45, 2.75) is 51.1 Å². The van der Waals surface area contributed by atoms with Crippen LogP contribution in [0, 0.1) is 6.92 Å². The first-order chi connectivity index (χ1) is 17.0. The number of rotatable bonds is 7. The molecular weight excluding hydrogens is 456 g/mol. The highest BCUT2D eigenvalue weighted by molar-refractivity contribution is 7.09. The van der Waals surface area contributed by atoms with Crippen LogP contribution in [0.3, 0.4) is 0 Å². The smallest absolute Gasteiger partial charge is 0.255 e. The Bertz CT molecular complexity index is 1130. The summed E-state index contributed by atoms with van der Waals surface area (Å²) in [6, 6.07) is 15.2. The summed E-state index contributed by atoms with van der Waals surface area (Å²) in [7, 11) is 2.19. The maximum absolute atomic E-state index is 12.7. The van der Waals surface area contributed by atoms with Crippen LogP contribution >= 0.6 is 11.3 Å². The van der Waals surface area contributed by atoms with Gasteiger partial charge in [-0.2, -0.15) is 0 Å². The van der Waals surface area contributed by atoms with Crippen LogP contribution in [0.2, 0.25) is 0 Å². The lowest BCUT2D eigenvalue weighted by atomic mass is 9.85. The second-order valence-electron chi connectivity index (χ2n) is 9.66. The summed E-state index contributed by atoms with van der Waals surface area (Å²) in [5, 5.41) is 6.04. The van der Waals surface area contributed by atoms with Crippen LogP contribution in [0.15, 0.2) is 53.9 Å². The number of nitrogens with zero attached hydrogens (tertiary/aromatic N) is 3. The average molecular weight is 491 g/mol. The highest BCUT2D eigenvalue weighted by atomic mass is 32.1. The van der Waals surface area contributed by atoms with Gasteiger partial charge in [-0.05, 0) is 102 Å². The number of ether oxygens (including phenoxy) is 1. The fourth-order valence-corrected chi connectivity index (χ4v) is 6.05. The van der Waals surface area contributed by atoms with Gasteiger partial charge in [0.05, 0.1) is 16.4 Å². The molecule has 2 aromatic carbocycles. The summed E-state index contributed by atoms with van der Waals surface area (Å²) in [6.07, 6.45) is 7.65. The van der Waals surface area contributed by atoms with Gasteiger partial charge in [-0.1, -0.05) is 12.1 Å². The molecule has 1 N–H and O–H groups in total. The van der Waals surface area contributed by atoms with Crippen molar-refractivity contribution in [2.24, 2.45) is 0 Å². The van der Waals surface area contributed by atoms with Crippen LogP contribution in [0.1, 0.15) is 53.9 Å². The molecule has 2 aliphatic rings. The number of benzene rings is 2. The molecule has 0 atom stereocenters. The number of anilines is 1. The molecule has 0 aliphatic carbocycles. The number of thiazole rings is 1. The van der Waals surface area contributed by atoms with Gasteiger partial charge in [0.1, 0.15) is 12.5 Å². The Morgan fingerprint density at radius 2 is 1.74 bits per heavy atom. The van der Waals surface area contributed by atoms with Gasteiger partial charge in [-0.25, -0.2) is 4.98 Å². The van der Waals surface area contributed by atoms with Crippen molar-refractivity contribution >= 4 is 22.9 Å². The molecule has 2 aliphatic heterocycles.